The fourth-order valence-electron chi connectivity index (χ4n) is 3.63. The Morgan fingerprint density at radius 2 is 1.65 bits per heavy atom. The molecule has 0 saturated heterocycles. The third-order valence-corrected chi connectivity index (χ3v) is 5.84. The molecule has 0 atom stereocenters. The number of unbranched alkanes of at least 4 members (excludes halogenated alkanes) is 2. The van der Waals surface area contributed by atoms with Gasteiger partial charge in [-0.15, -0.1) is 0 Å². The predicted octanol–water partition coefficient (Wildman–Crippen LogP) is 6.16. The van der Waals surface area contributed by atoms with E-state index in [1.807, 2.05) is 30.3 Å². The molecule has 0 aliphatic carbocycles. The Balaban J connectivity index is 1.74. The molecule has 2 aromatic rings. The first-order chi connectivity index (χ1) is 19.3. The average molecular weight is 555 g/mol. The monoisotopic (exact) mass is 554 g/mol. The van der Waals surface area contributed by atoms with Crippen LogP contribution in [-0.2, 0) is 32.2 Å². The van der Waals surface area contributed by atoms with E-state index in [1.54, 1.807) is 19.2 Å². The number of amides is 2. The molecule has 2 rings (SSSR count). The van der Waals surface area contributed by atoms with E-state index < -0.39 is 6.09 Å². The maximum atomic E-state index is 12.2. The lowest BCUT2D eigenvalue weighted by molar-refractivity contribution is -0.140. The van der Waals surface area contributed by atoms with Crippen molar-refractivity contribution in [2.45, 2.75) is 65.5 Å². The third kappa shape index (κ3) is 13.2. The quantitative estimate of drug-likeness (QED) is 0.137. The molecule has 0 aromatic heterocycles. The summed E-state index contributed by atoms with van der Waals surface area (Å²) in [6.45, 7) is 5.15. The van der Waals surface area contributed by atoms with Crippen molar-refractivity contribution in [3.05, 3.63) is 65.7 Å². The fourth-order valence-corrected chi connectivity index (χ4v) is 3.63. The van der Waals surface area contributed by atoms with Crippen LogP contribution >= 0.6 is 0 Å². The summed E-state index contributed by atoms with van der Waals surface area (Å²) in [7, 11) is 2.89. The fraction of sp³-hybridized carbons (Fsp3) is 0.452. The molecule has 0 spiro atoms. The van der Waals surface area contributed by atoms with Gasteiger partial charge < -0.3 is 24.3 Å². The molecule has 0 saturated carbocycles. The van der Waals surface area contributed by atoms with Crippen LogP contribution in [0.5, 0.6) is 11.5 Å². The first kappa shape index (κ1) is 32.2. The summed E-state index contributed by atoms with van der Waals surface area (Å²) in [5.74, 6) is 1.42. The number of ether oxygens (including phenoxy) is 4. The molecule has 0 fully saturated rings. The van der Waals surface area contributed by atoms with Crippen molar-refractivity contribution in [3.8, 4) is 11.5 Å². The van der Waals surface area contributed by atoms with Gasteiger partial charge in [0.2, 0.25) is 5.91 Å². The average Bonchev–Trinajstić information content (AvgIpc) is 2.95. The summed E-state index contributed by atoms with van der Waals surface area (Å²) in [6.07, 6.45) is 7.75. The van der Waals surface area contributed by atoms with Gasteiger partial charge in [-0.2, -0.15) is 0 Å². The Bertz CT molecular complexity index is 1100. The van der Waals surface area contributed by atoms with E-state index in [1.165, 1.54) is 7.11 Å². The van der Waals surface area contributed by atoms with Gasteiger partial charge in [-0.3, -0.25) is 14.9 Å². The standard InChI is InChI=1S/C31H42N2O7/c1-23(2)10-7-5-6-8-11-29(34)32-21-25-15-18-27(28(20-25)37-3)40-22-24-13-16-26(17-14-24)33-31(36)39-19-9-12-30(35)38-4/h7,10,13-18,20,23H,5-6,8-9,11-12,19,21-22H2,1-4H3,(H,32,34)(H,33,36)/b10-7+. The first-order valence-electron chi connectivity index (χ1n) is 13.6. The number of rotatable bonds is 17. The maximum Gasteiger partial charge on any atom is 0.411 e. The Labute approximate surface area is 237 Å². The zero-order valence-electron chi connectivity index (χ0n) is 24.0. The number of benzene rings is 2. The van der Waals surface area contributed by atoms with Gasteiger partial charge in [0, 0.05) is 25.1 Å². The highest BCUT2D eigenvalue weighted by molar-refractivity contribution is 5.84. The highest BCUT2D eigenvalue weighted by atomic mass is 16.5. The van der Waals surface area contributed by atoms with Gasteiger partial charge in [-0.1, -0.05) is 44.2 Å². The molecule has 9 heteroatoms. The molecule has 0 radical (unpaired) electrons. The summed E-state index contributed by atoms with van der Waals surface area (Å²) in [5.41, 5.74) is 2.40. The van der Waals surface area contributed by atoms with Gasteiger partial charge in [0.15, 0.2) is 11.5 Å². The molecule has 218 valence electrons. The summed E-state index contributed by atoms with van der Waals surface area (Å²) in [5, 5.41) is 5.61. The number of anilines is 1. The van der Waals surface area contributed by atoms with Crippen LogP contribution in [-0.4, -0.2) is 38.8 Å². The van der Waals surface area contributed by atoms with Gasteiger partial charge in [-0.25, -0.2) is 4.79 Å². The van der Waals surface area contributed by atoms with Gasteiger partial charge in [0.25, 0.3) is 0 Å². The number of carbonyl (C=O) groups excluding carboxylic acids is 3. The van der Waals surface area contributed by atoms with Crippen LogP contribution < -0.4 is 20.1 Å². The van der Waals surface area contributed by atoms with Crippen molar-refractivity contribution >= 4 is 23.7 Å². The van der Waals surface area contributed by atoms with Crippen LogP contribution in [0.4, 0.5) is 10.5 Å². The molecule has 2 amide bonds. The second-order valence-electron chi connectivity index (χ2n) is 9.61. The van der Waals surface area contributed by atoms with Crippen LogP contribution in [0.2, 0.25) is 0 Å². The number of methoxy groups -OCH3 is 2. The largest absolute Gasteiger partial charge is 0.493 e. The zero-order valence-corrected chi connectivity index (χ0v) is 24.0. The van der Waals surface area contributed by atoms with Crippen LogP contribution in [0.25, 0.3) is 0 Å². The van der Waals surface area contributed by atoms with Gasteiger partial charge >= 0.3 is 12.1 Å². The molecule has 0 unspecified atom stereocenters. The SMILES string of the molecule is COC(=O)CCCOC(=O)Nc1ccc(COc2ccc(CNC(=O)CCCC/C=C/C(C)C)cc2OC)cc1. The summed E-state index contributed by atoms with van der Waals surface area (Å²) in [6, 6.07) is 12.8. The lowest BCUT2D eigenvalue weighted by Gasteiger charge is -2.13. The Hall–Kier alpha value is -4.01. The van der Waals surface area contributed by atoms with Gasteiger partial charge in [0.1, 0.15) is 6.61 Å². The minimum Gasteiger partial charge on any atom is -0.493 e. The minimum absolute atomic E-state index is 0.0388. The van der Waals surface area contributed by atoms with E-state index >= 15 is 0 Å². The smallest absolute Gasteiger partial charge is 0.411 e. The maximum absolute atomic E-state index is 12.2. The highest BCUT2D eigenvalue weighted by Gasteiger charge is 2.09. The van der Waals surface area contributed by atoms with E-state index in [4.69, 9.17) is 14.2 Å². The lowest BCUT2D eigenvalue weighted by Crippen LogP contribution is -2.22. The summed E-state index contributed by atoms with van der Waals surface area (Å²) < 4.78 is 21.0. The van der Waals surface area contributed by atoms with E-state index in [-0.39, 0.29) is 24.9 Å². The summed E-state index contributed by atoms with van der Waals surface area (Å²) >= 11 is 0. The lowest BCUT2D eigenvalue weighted by atomic mass is 10.1. The molecule has 0 heterocycles. The van der Waals surface area contributed by atoms with E-state index in [2.05, 4.69) is 41.4 Å². The predicted molar refractivity (Wildman–Crippen MR) is 154 cm³/mol. The second kappa shape index (κ2) is 18.3. The van der Waals surface area contributed by atoms with E-state index in [0.717, 1.165) is 30.4 Å². The van der Waals surface area contributed by atoms with Crippen molar-refractivity contribution in [1.82, 2.24) is 5.32 Å². The number of hydrogen-bond donors (Lipinski definition) is 2. The molecule has 40 heavy (non-hydrogen) atoms. The van der Waals surface area contributed by atoms with Crippen molar-refractivity contribution in [3.63, 3.8) is 0 Å². The van der Waals surface area contributed by atoms with Crippen LogP contribution in [0.3, 0.4) is 0 Å². The Kier molecular flexibility index (Phi) is 14.7. The number of carbonyl (C=O) groups is 3. The van der Waals surface area contributed by atoms with E-state index in [0.29, 0.717) is 49.1 Å². The number of allylic oxidation sites excluding steroid dienone is 2. The van der Waals surface area contributed by atoms with Crippen LogP contribution in [0, 0.1) is 5.92 Å². The molecular weight excluding hydrogens is 512 g/mol. The first-order valence-corrected chi connectivity index (χ1v) is 13.6. The molecule has 2 aromatic carbocycles. The topological polar surface area (TPSA) is 112 Å². The normalized spacial score (nSPS) is 10.8. The summed E-state index contributed by atoms with van der Waals surface area (Å²) in [4.78, 5) is 35.1. The molecule has 0 bridgehead atoms. The van der Waals surface area contributed by atoms with Crippen molar-refractivity contribution in [2.24, 2.45) is 5.92 Å². The van der Waals surface area contributed by atoms with Gasteiger partial charge in [-0.05, 0) is 67.0 Å². The molecule has 2 N–H and O–H groups in total. The van der Waals surface area contributed by atoms with Crippen molar-refractivity contribution < 1.29 is 33.3 Å². The Morgan fingerprint density at radius 3 is 2.35 bits per heavy atom. The third-order valence-electron chi connectivity index (χ3n) is 5.84. The molecular formula is C31H42N2O7. The highest BCUT2D eigenvalue weighted by Crippen LogP contribution is 2.29. The number of hydrogen-bond acceptors (Lipinski definition) is 7. The van der Waals surface area contributed by atoms with Crippen molar-refractivity contribution in [1.29, 1.82) is 0 Å². The molecule has 0 aliphatic heterocycles. The van der Waals surface area contributed by atoms with E-state index in [9.17, 15) is 14.4 Å². The number of esters is 1. The van der Waals surface area contributed by atoms with Crippen LogP contribution in [0.1, 0.15) is 63.5 Å². The van der Waals surface area contributed by atoms with Crippen LogP contribution in [0.15, 0.2) is 54.6 Å². The minimum atomic E-state index is -0.593. The number of nitrogens with one attached hydrogen (secondary N) is 2. The zero-order chi connectivity index (χ0) is 29.2. The van der Waals surface area contributed by atoms with Crippen molar-refractivity contribution in [2.75, 3.05) is 26.1 Å². The van der Waals surface area contributed by atoms with Gasteiger partial charge in [0.05, 0.1) is 20.8 Å². The second-order valence-corrected chi connectivity index (χ2v) is 9.61. The Morgan fingerprint density at radius 1 is 0.900 bits per heavy atom. The molecule has 0 aliphatic rings. The molecule has 9 nitrogen and oxygen atoms in total.